The van der Waals surface area contributed by atoms with E-state index in [1.807, 2.05) is 6.92 Å². The third-order valence-corrected chi connectivity index (χ3v) is 2.75. The molecule has 0 radical (unpaired) electrons. The van der Waals surface area contributed by atoms with Crippen LogP contribution in [0.4, 0.5) is 0 Å². The Hall–Kier alpha value is -1.49. The van der Waals surface area contributed by atoms with Crippen molar-refractivity contribution >= 4 is 5.78 Å². The van der Waals surface area contributed by atoms with Crippen LogP contribution in [0.25, 0.3) is 5.78 Å². The Kier molecular flexibility index (Phi) is 3.14. The Labute approximate surface area is 94.7 Å². The van der Waals surface area contributed by atoms with Crippen LogP contribution < -0.4 is 5.73 Å². The first-order valence-electron chi connectivity index (χ1n) is 5.63. The lowest BCUT2D eigenvalue weighted by atomic mass is 9.99. The Morgan fingerprint density at radius 3 is 3.00 bits per heavy atom. The van der Waals surface area contributed by atoms with E-state index < -0.39 is 0 Å². The van der Waals surface area contributed by atoms with Crippen molar-refractivity contribution in [1.29, 1.82) is 0 Å². The van der Waals surface area contributed by atoms with Crippen molar-refractivity contribution in [2.75, 3.05) is 6.54 Å². The molecule has 0 bridgehead atoms. The SMILES string of the molecule is CCC[C@H](CN)c1cc(C)nc2ncnn12. The van der Waals surface area contributed by atoms with Gasteiger partial charge in [-0.1, -0.05) is 13.3 Å². The van der Waals surface area contributed by atoms with E-state index in [1.54, 1.807) is 4.52 Å². The molecule has 0 saturated carbocycles. The first-order chi connectivity index (χ1) is 7.76. The molecule has 0 saturated heterocycles. The maximum Gasteiger partial charge on any atom is 0.252 e. The van der Waals surface area contributed by atoms with Gasteiger partial charge in [-0.2, -0.15) is 10.1 Å². The minimum atomic E-state index is 0.330. The van der Waals surface area contributed by atoms with Gasteiger partial charge in [-0.25, -0.2) is 9.50 Å². The van der Waals surface area contributed by atoms with Crippen molar-refractivity contribution in [3.05, 3.63) is 23.8 Å². The predicted octanol–water partition coefficient (Wildman–Crippen LogP) is 1.28. The molecule has 0 amide bonds. The summed E-state index contributed by atoms with van der Waals surface area (Å²) in [6.45, 7) is 4.76. The second-order valence-electron chi connectivity index (χ2n) is 4.02. The summed E-state index contributed by atoms with van der Waals surface area (Å²) in [6.07, 6.45) is 3.71. The molecule has 1 atom stereocenters. The first kappa shape index (κ1) is 11.0. The molecule has 0 unspecified atom stereocenters. The van der Waals surface area contributed by atoms with Crippen LogP contribution >= 0.6 is 0 Å². The normalized spacial score (nSPS) is 13.2. The molecule has 2 rings (SSSR count). The summed E-state index contributed by atoms with van der Waals surface area (Å²) < 4.78 is 1.79. The predicted molar refractivity (Wildman–Crippen MR) is 62.2 cm³/mol. The van der Waals surface area contributed by atoms with Crippen molar-refractivity contribution in [1.82, 2.24) is 19.6 Å². The topological polar surface area (TPSA) is 69.1 Å². The highest BCUT2D eigenvalue weighted by Crippen LogP contribution is 2.20. The lowest BCUT2D eigenvalue weighted by Gasteiger charge is -2.15. The zero-order chi connectivity index (χ0) is 11.5. The Morgan fingerprint density at radius 1 is 1.50 bits per heavy atom. The van der Waals surface area contributed by atoms with Gasteiger partial charge in [0.25, 0.3) is 5.78 Å². The molecule has 0 aliphatic carbocycles. The van der Waals surface area contributed by atoms with Crippen LogP contribution in [-0.4, -0.2) is 26.1 Å². The van der Waals surface area contributed by atoms with Gasteiger partial charge in [0.15, 0.2) is 0 Å². The monoisotopic (exact) mass is 219 g/mol. The van der Waals surface area contributed by atoms with Gasteiger partial charge in [-0.3, -0.25) is 0 Å². The van der Waals surface area contributed by atoms with Gasteiger partial charge < -0.3 is 5.73 Å². The molecule has 0 aliphatic heterocycles. The van der Waals surface area contributed by atoms with Crippen LogP contribution in [0.5, 0.6) is 0 Å². The molecule has 86 valence electrons. The molecular formula is C11H17N5. The number of hydrogen-bond donors (Lipinski definition) is 1. The summed E-state index contributed by atoms with van der Waals surface area (Å²) >= 11 is 0. The third-order valence-electron chi connectivity index (χ3n) is 2.75. The highest BCUT2D eigenvalue weighted by molar-refractivity contribution is 5.31. The van der Waals surface area contributed by atoms with Crippen LogP contribution in [-0.2, 0) is 0 Å². The van der Waals surface area contributed by atoms with Crippen molar-refractivity contribution in [2.45, 2.75) is 32.6 Å². The average molecular weight is 219 g/mol. The molecule has 5 heteroatoms. The smallest absolute Gasteiger partial charge is 0.252 e. The van der Waals surface area contributed by atoms with Gasteiger partial charge in [0.2, 0.25) is 0 Å². The van der Waals surface area contributed by atoms with E-state index in [2.05, 4.69) is 28.1 Å². The Morgan fingerprint density at radius 2 is 2.31 bits per heavy atom. The number of fused-ring (bicyclic) bond motifs is 1. The molecule has 2 N–H and O–H groups in total. The molecule has 0 aliphatic rings. The lowest BCUT2D eigenvalue weighted by molar-refractivity contribution is 0.587. The van der Waals surface area contributed by atoms with Gasteiger partial charge in [0.1, 0.15) is 6.33 Å². The van der Waals surface area contributed by atoms with Crippen LogP contribution in [0.1, 0.15) is 37.1 Å². The van der Waals surface area contributed by atoms with Crippen LogP contribution in [0.2, 0.25) is 0 Å². The van der Waals surface area contributed by atoms with E-state index in [0.29, 0.717) is 18.2 Å². The summed E-state index contributed by atoms with van der Waals surface area (Å²) in [5.41, 5.74) is 7.90. The van der Waals surface area contributed by atoms with E-state index in [1.165, 1.54) is 6.33 Å². The fourth-order valence-electron chi connectivity index (χ4n) is 1.98. The standard InChI is InChI=1S/C11H17N5/c1-3-4-9(6-12)10-5-8(2)15-11-13-7-14-16(10)11/h5,7,9H,3-4,6,12H2,1-2H3/t9-/m1/s1. The molecule has 0 aromatic carbocycles. The fraction of sp³-hybridized carbons (Fsp3) is 0.545. The maximum atomic E-state index is 5.82. The molecule has 0 spiro atoms. The number of nitrogens with zero attached hydrogens (tertiary/aromatic N) is 4. The minimum Gasteiger partial charge on any atom is -0.330 e. The summed E-state index contributed by atoms with van der Waals surface area (Å²) in [5, 5.41) is 4.20. The van der Waals surface area contributed by atoms with Crippen molar-refractivity contribution < 1.29 is 0 Å². The lowest BCUT2D eigenvalue weighted by Crippen LogP contribution is -2.16. The van der Waals surface area contributed by atoms with Gasteiger partial charge in [-0.05, 0) is 19.4 Å². The molecular weight excluding hydrogens is 202 g/mol. The van der Waals surface area contributed by atoms with Crippen LogP contribution in [0.15, 0.2) is 12.4 Å². The highest BCUT2D eigenvalue weighted by atomic mass is 15.3. The Balaban J connectivity index is 2.52. The van der Waals surface area contributed by atoms with Gasteiger partial charge >= 0.3 is 0 Å². The summed E-state index contributed by atoms with van der Waals surface area (Å²) in [6, 6.07) is 2.05. The third kappa shape index (κ3) is 1.90. The maximum absolute atomic E-state index is 5.82. The van der Waals surface area contributed by atoms with Crippen molar-refractivity contribution in [2.24, 2.45) is 5.73 Å². The van der Waals surface area contributed by atoms with Gasteiger partial charge in [-0.15, -0.1) is 0 Å². The molecule has 2 aromatic rings. The molecule has 5 nitrogen and oxygen atoms in total. The minimum absolute atomic E-state index is 0.330. The van der Waals surface area contributed by atoms with E-state index in [4.69, 9.17) is 5.73 Å². The van der Waals surface area contributed by atoms with Gasteiger partial charge in [0, 0.05) is 18.2 Å². The Bertz CT molecular complexity index is 476. The zero-order valence-electron chi connectivity index (χ0n) is 9.72. The quantitative estimate of drug-likeness (QED) is 0.840. The van der Waals surface area contributed by atoms with Crippen molar-refractivity contribution in [3.8, 4) is 0 Å². The number of nitrogens with two attached hydrogens (primary N) is 1. The molecule has 2 aromatic heterocycles. The van der Waals surface area contributed by atoms with E-state index in [-0.39, 0.29) is 0 Å². The number of rotatable bonds is 4. The molecule has 16 heavy (non-hydrogen) atoms. The molecule has 0 fully saturated rings. The van der Waals surface area contributed by atoms with E-state index in [0.717, 1.165) is 24.2 Å². The van der Waals surface area contributed by atoms with E-state index >= 15 is 0 Å². The zero-order valence-corrected chi connectivity index (χ0v) is 9.72. The number of aromatic nitrogens is 4. The summed E-state index contributed by atoms with van der Waals surface area (Å²) in [7, 11) is 0. The van der Waals surface area contributed by atoms with Crippen LogP contribution in [0.3, 0.4) is 0 Å². The first-order valence-corrected chi connectivity index (χ1v) is 5.63. The largest absolute Gasteiger partial charge is 0.330 e. The summed E-state index contributed by atoms with van der Waals surface area (Å²) in [4.78, 5) is 8.44. The second-order valence-corrected chi connectivity index (χ2v) is 4.02. The van der Waals surface area contributed by atoms with E-state index in [9.17, 15) is 0 Å². The number of hydrogen-bond acceptors (Lipinski definition) is 4. The molecule has 2 heterocycles. The number of aryl methyl sites for hydroxylation is 1. The average Bonchev–Trinajstić information content (AvgIpc) is 2.72. The van der Waals surface area contributed by atoms with Crippen molar-refractivity contribution in [3.63, 3.8) is 0 Å². The van der Waals surface area contributed by atoms with Gasteiger partial charge in [0.05, 0.1) is 5.69 Å². The fourth-order valence-corrected chi connectivity index (χ4v) is 1.98. The second kappa shape index (κ2) is 4.57. The van der Waals surface area contributed by atoms with Crippen LogP contribution in [0, 0.1) is 6.92 Å². The highest BCUT2D eigenvalue weighted by Gasteiger charge is 2.14. The summed E-state index contributed by atoms with van der Waals surface area (Å²) in [5.74, 6) is 0.987.